The SMILES string of the molecule is CCNC(CN1CCC(C)CC1)C(=O)OCC. The van der Waals surface area contributed by atoms with Crippen LogP contribution in [0, 0.1) is 5.92 Å². The Bertz CT molecular complexity index is 225. The molecule has 100 valence electrons. The maximum atomic E-state index is 11.8. The van der Waals surface area contributed by atoms with Gasteiger partial charge in [-0.05, 0) is 45.3 Å². The molecule has 1 atom stereocenters. The topological polar surface area (TPSA) is 41.6 Å². The summed E-state index contributed by atoms with van der Waals surface area (Å²) in [7, 11) is 0. The van der Waals surface area contributed by atoms with Gasteiger partial charge in [-0.15, -0.1) is 0 Å². The molecule has 1 unspecified atom stereocenters. The van der Waals surface area contributed by atoms with Crippen LogP contribution in [0.2, 0.25) is 0 Å². The van der Waals surface area contributed by atoms with Crippen LogP contribution in [0.1, 0.15) is 33.6 Å². The summed E-state index contributed by atoms with van der Waals surface area (Å²) < 4.78 is 5.09. The summed E-state index contributed by atoms with van der Waals surface area (Å²) in [5.74, 6) is 0.708. The highest BCUT2D eigenvalue weighted by atomic mass is 16.5. The summed E-state index contributed by atoms with van der Waals surface area (Å²) in [4.78, 5) is 14.1. The minimum atomic E-state index is -0.173. The van der Waals surface area contributed by atoms with Crippen LogP contribution in [0.3, 0.4) is 0 Å². The Kier molecular flexibility index (Phi) is 6.52. The van der Waals surface area contributed by atoms with Crippen LogP contribution in [0.5, 0.6) is 0 Å². The lowest BCUT2D eigenvalue weighted by Crippen LogP contribution is -2.48. The molecule has 0 aromatic carbocycles. The lowest BCUT2D eigenvalue weighted by Gasteiger charge is -2.32. The average molecular weight is 242 g/mol. The van der Waals surface area contributed by atoms with Crippen molar-refractivity contribution in [2.45, 2.75) is 39.7 Å². The standard InChI is InChI=1S/C13H26N2O2/c1-4-14-12(13(16)17-5-2)10-15-8-6-11(3)7-9-15/h11-12,14H,4-10H2,1-3H3. The summed E-state index contributed by atoms with van der Waals surface area (Å²) in [6.45, 7) is 10.4. The van der Waals surface area contributed by atoms with Crippen LogP contribution in [-0.2, 0) is 9.53 Å². The monoisotopic (exact) mass is 242 g/mol. The zero-order valence-electron chi connectivity index (χ0n) is 11.4. The molecule has 4 heteroatoms. The molecule has 1 heterocycles. The highest BCUT2D eigenvalue weighted by Crippen LogP contribution is 2.16. The van der Waals surface area contributed by atoms with Gasteiger partial charge in [0.15, 0.2) is 0 Å². The van der Waals surface area contributed by atoms with Crippen LogP contribution in [0.15, 0.2) is 0 Å². The van der Waals surface area contributed by atoms with Gasteiger partial charge in [0.1, 0.15) is 6.04 Å². The van der Waals surface area contributed by atoms with Gasteiger partial charge in [0, 0.05) is 6.54 Å². The first-order valence-electron chi connectivity index (χ1n) is 6.79. The quantitative estimate of drug-likeness (QED) is 0.712. The first kappa shape index (κ1) is 14.5. The van der Waals surface area contributed by atoms with E-state index in [1.165, 1.54) is 12.8 Å². The molecule has 0 radical (unpaired) electrons. The van der Waals surface area contributed by atoms with E-state index in [4.69, 9.17) is 4.74 Å². The molecule has 0 bridgehead atoms. The number of piperidine rings is 1. The summed E-state index contributed by atoms with van der Waals surface area (Å²) in [5, 5.41) is 3.21. The Morgan fingerprint density at radius 3 is 2.59 bits per heavy atom. The third-order valence-electron chi connectivity index (χ3n) is 3.34. The molecule has 0 amide bonds. The van der Waals surface area contributed by atoms with Gasteiger partial charge in [-0.3, -0.25) is 4.79 Å². The summed E-state index contributed by atoms with van der Waals surface area (Å²) in [6, 6.07) is -0.173. The predicted octanol–water partition coefficient (Wildman–Crippen LogP) is 1.26. The van der Waals surface area contributed by atoms with Crippen molar-refractivity contribution < 1.29 is 9.53 Å². The van der Waals surface area contributed by atoms with E-state index in [1.807, 2.05) is 13.8 Å². The van der Waals surface area contributed by atoms with Crippen LogP contribution in [0.4, 0.5) is 0 Å². The molecule has 1 saturated heterocycles. The second kappa shape index (κ2) is 7.67. The molecule has 1 N–H and O–H groups in total. The fraction of sp³-hybridized carbons (Fsp3) is 0.923. The van der Waals surface area contributed by atoms with E-state index < -0.39 is 0 Å². The van der Waals surface area contributed by atoms with Crippen molar-refractivity contribution in [1.29, 1.82) is 0 Å². The van der Waals surface area contributed by atoms with Gasteiger partial charge in [0.05, 0.1) is 6.61 Å². The second-order valence-corrected chi connectivity index (χ2v) is 4.85. The summed E-state index contributed by atoms with van der Waals surface area (Å²) >= 11 is 0. The van der Waals surface area contributed by atoms with Crippen LogP contribution in [0.25, 0.3) is 0 Å². The molecule has 0 aromatic heterocycles. The van der Waals surface area contributed by atoms with Gasteiger partial charge in [-0.25, -0.2) is 0 Å². The van der Waals surface area contributed by atoms with Crippen molar-refractivity contribution in [3.63, 3.8) is 0 Å². The maximum Gasteiger partial charge on any atom is 0.324 e. The van der Waals surface area contributed by atoms with E-state index in [0.717, 1.165) is 32.1 Å². The highest BCUT2D eigenvalue weighted by Gasteiger charge is 2.24. The fourth-order valence-corrected chi connectivity index (χ4v) is 2.21. The molecular formula is C13H26N2O2. The summed E-state index contributed by atoms with van der Waals surface area (Å²) in [6.07, 6.45) is 2.48. The number of ether oxygens (including phenoxy) is 1. The lowest BCUT2D eigenvalue weighted by molar-refractivity contribution is -0.146. The molecule has 17 heavy (non-hydrogen) atoms. The first-order chi connectivity index (χ1) is 8.17. The van der Waals surface area contributed by atoms with Crippen molar-refractivity contribution in [3.8, 4) is 0 Å². The number of carbonyl (C=O) groups excluding carboxylic acids is 1. The van der Waals surface area contributed by atoms with Gasteiger partial charge in [0.25, 0.3) is 0 Å². The van der Waals surface area contributed by atoms with Crippen molar-refractivity contribution in [3.05, 3.63) is 0 Å². The Morgan fingerprint density at radius 1 is 1.41 bits per heavy atom. The minimum Gasteiger partial charge on any atom is -0.465 e. The molecule has 0 aliphatic carbocycles. The van der Waals surface area contributed by atoms with Crippen LogP contribution < -0.4 is 5.32 Å². The number of hydrogen-bond donors (Lipinski definition) is 1. The molecule has 0 aromatic rings. The van der Waals surface area contributed by atoms with Crippen molar-refractivity contribution in [2.24, 2.45) is 5.92 Å². The molecule has 4 nitrogen and oxygen atoms in total. The van der Waals surface area contributed by atoms with Gasteiger partial charge in [0.2, 0.25) is 0 Å². The average Bonchev–Trinajstić information content (AvgIpc) is 2.31. The molecule has 0 spiro atoms. The van der Waals surface area contributed by atoms with E-state index >= 15 is 0 Å². The Morgan fingerprint density at radius 2 is 2.06 bits per heavy atom. The molecule has 1 fully saturated rings. The lowest BCUT2D eigenvalue weighted by atomic mass is 9.99. The predicted molar refractivity (Wildman–Crippen MR) is 68.9 cm³/mol. The van der Waals surface area contributed by atoms with Crippen LogP contribution in [-0.4, -0.2) is 49.7 Å². The Balaban J connectivity index is 2.40. The van der Waals surface area contributed by atoms with Crippen molar-refractivity contribution in [2.75, 3.05) is 32.8 Å². The number of carbonyl (C=O) groups is 1. The number of likely N-dealkylation sites (N-methyl/N-ethyl adjacent to an activating group) is 1. The number of likely N-dealkylation sites (tertiary alicyclic amines) is 1. The first-order valence-corrected chi connectivity index (χ1v) is 6.79. The largest absolute Gasteiger partial charge is 0.465 e. The van der Waals surface area contributed by atoms with E-state index in [2.05, 4.69) is 17.1 Å². The zero-order valence-corrected chi connectivity index (χ0v) is 11.4. The minimum absolute atomic E-state index is 0.118. The summed E-state index contributed by atoms with van der Waals surface area (Å²) in [5.41, 5.74) is 0. The molecule has 1 aliphatic heterocycles. The number of nitrogens with zero attached hydrogens (tertiary/aromatic N) is 1. The Labute approximate surface area is 105 Å². The molecular weight excluding hydrogens is 216 g/mol. The van der Waals surface area contributed by atoms with E-state index in [0.29, 0.717) is 6.61 Å². The van der Waals surface area contributed by atoms with Gasteiger partial charge < -0.3 is 15.0 Å². The number of esters is 1. The van der Waals surface area contributed by atoms with Gasteiger partial charge >= 0.3 is 5.97 Å². The van der Waals surface area contributed by atoms with E-state index in [-0.39, 0.29) is 12.0 Å². The second-order valence-electron chi connectivity index (χ2n) is 4.85. The highest BCUT2D eigenvalue weighted by molar-refractivity contribution is 5.76. The molecule has 0 saturated carbocycles. The van der Waals surface area contributed by atoms with Gasteiger partial charge in [-0.2, -0.15) is 0 Å². The molecule has 1 aliphatic rings. The Hall–Kier alpha value is -0.610. The zero-order chi connectivity index (χ0) is 12.7. The normalized spacial score (nSPS) is 20.2. The van der Waals surface area contributed by atoms with Gasteiger partial charge in [-0.1, -0.05) is 13.8 Å². The smallest absolute Gasteiger partial charge is 0.324 e. The van der Waals surface area contributed by atoms with E-state index in [1.54, 1.807) is 0 Å². The number of rotatable bonds is 6. The van der Waals surface area contributed by atoms with Crippen molar-refractivity contribution in [1.82, 2.24) is 10.2 Å². The number of hydrogen-bond acceptors (Lipinski definition) is 4. The third kappa shape index (κ3) is 5.04. The van der Waals surface area contributed by atoms with E-state index in [9.17, 15) is 4.79 Å². The number of nitrogens with one attached hydrogen (secondary N) is 1. The van der Waals surface area contributed by atoms with Crippen molar-refractivity contribution >= 4 is 5.97 Å². The fourth-order valence-electron chi connectivity index (χ4n) is 2.21. The maximum absolute atomic E-state index is 11.8. The van der Waals surface area contributed by atoms with Crippen LogP contribution >= 0.6 is 0 Å². The third-order valence-corrected chi connectivity index (χ3v) is 3.34. The molecule has 1 rings (SSSR count).